The SMILES string of the molecule is COc1cccc(-c2noc(CN3CCC[C@H]3C(=O)O)n2)c1. The van der Waals surface area contributed by atoms with Gasteiger partial charge in [-0.25, -0.2) is 0 Å². The molecule has 2 aromatic rings. The van der Waals surface area contributed by atoms with Crippen molar-refractivity contribution in [2.45, 2.75) is 25.4 Å². The molecule has 1 N–H and O–H groups in total. The number of aliphatic carboxylic acids is 1. The van der Waals surface area contributed by atoms with E-state index in [-0.39, 0.29) is 0 Å². The first-order chi connectivity index (χ1) is 10.7. The van der Waals surface area contributed by atoms with Crippen molar-refractivity contribution in [1.82, 2.24) is 15.0 Å². The highest BCUT2D eigenvalue weighted by Crippen LogP contribution is 2.23. The number of methoxy groups -OCH3 is 1. The third-order valence-corrected chi connectivity index (χ3v) is 3.78. The molecule has 2 heterocycles. The number of hydrogen-bond acceptors (Lipinski definition) is 6. The lowest BCUT2D eigenvalue weighted by molar-refractivity contribution is -0.142. The zero-order valence-electron chi connectivity index (χ0n) is 12.2. The van der Waals surface area contributed by atoms with E-state index in [1.165, 1.54) is 0 Å². The van der Waals surface area contributed by atoms with Gasteiger partial charge in [0.15, 0.2) is 0 Å². The van der Waals surface area contributed by atoms with Crippen LogP contribution in [-0.4, -0.2) is 45.8 Å². The molecule has 7 nitrogen and oxygen atoms in total. The van der Waals surface area contributed by atoms with Gasteiger partial charge in [0.05, 0.1) is 13.7 Å². The Labute approximate surface area is 127 Å². The number of benzene rings is 1. The molecule has 0 radical (unpaired) electrons. The Bertz CT molecular complexity index is 670. The van der Waals surface area contributed by atoms with E-state index in [4.69, 9.17) is 9.26 Å². The van der Waals surface area contributed by atoms with E-state index in [9.17, 15) is 9.90 Å². The maximum atomic E-state index is 11.2. The number of hydrogen-bond donors (Lipinski definition) is 1. The van der Waals surface area contributed by atoms with Crippen LogP contribution in [0.15, 0.2) is 28.8 Å². The van der Waals surface area contributed by atoms with E-state index in [1.54, 1.807) is 7.11 Å². The summed E-state index contributed by atoms with van der Waals surface area (Å²) in [6.45, 7) is 1.09. The molecule has 0 aliphatic carbocycles. The van der Waals surface area contributed by atoms with Crippen LogP contribution in [0, 0.1) is 0 Å². The molecular weight excluding hydrogens is 286 g/mol. The zero-order valence-corrected chi connectivity index (χ0v) is 12.2. The molecule has 7 heteroatoms. The predicted molar refractivity (Wildman–Crippen MR) is 77.4 cm³/mol. The number of aromatic nitrogens is 2. The molecule has 1 aliphatic heterocycles. The normalized spacial score (nSPS) is 18.5. The van der Waals surface area contributed by atoms with Gasteiger partial charge in [0, 0.05) is 5.56 Å². The van der Waals surface area contributed by atoms with Crippen LogP contribution in [-0.2, 0) is 11.3 Å². The van der Waals surface area contributed by atoms with Crippen LogP contribution in [0.4, 0.5) is 0 Å². The highest BCUT2D eigenvalue weighted by atomic mass is 16.5. The van der Waals surface area contributed by atoms with E-state index < -0.39 is 12.0 Å². The Morgan fingerprint density at radius 2 is 2.41 bits per heavy atom. The van der Waals surface area contributed by atoms with Gasteiger partial charge in [-0.2, -0.15) is 4.98 Å². The zero-order chi connectivity index (χ0) is 15.5. The van der Waals surface area contributed by atoms with Gasteiger partial charge >= 0.3 is 5.97 Å². The highest BCUT2D eigenvalue weighted by molar-refractivity contribution is 5.73. The highest BCUT2D eigenvalue weighted by Gasteiger charge is 2.31. The summed E-state index contributed by atoms with van der Waals surface area (Å²) in [5.74, 6) is 0.810. The Hall–Kier alpha value is -2.41. The first-order valence-electron chi connectivity index (χ1n) is 7.11. The number of carboxylic acid groups (broad SMARTS) is 1. The smallest absolute Gasteiger partial charge is 0.320 e. The second-order valence-electron chi connectivity index (χ2n) is 5.21. The van der Waals surface area contributed by atoms with Gasteiger partial charge in [-0.15, -0.1) is 0 Å². The van der Waals surface area contributed by atoms with Crippen LogP contribution >= 0.6 is 0 Å². The number of rotatable bonds is 5. The molecule has 0 amide bonds. The molecule has 1 aromatic carbocycles. The molecule has 1 aromatic heterocycles. The van der Waals surface area contributed by atoms with E-state index in [0.717, 1.165) is 18.5 Å². The summed E-state index contributed by atoms with van der Waals surface area (Å²) in [6.07, 6.45) is 1.53. The molecule has 0 saturated carbocycles. The summed E-state index contributed by atoms with van der Waals surface area (Å²) in [7, 11) is 1.60. The summed E-state index contributed by atoms with van der Waals surface area (Å²) < 4.78 is 10.4. The third kappa shape index (κ3) is 2.94. The monoisotopic (exact) mass is 303 g/mol. The maximum absolute atomic E-state index is 11.2. The van der Waals surface area contributed by atoms with Gasteiger partial charge in [0.2, 0.25) is 11.7 Å². The average molecular weight is 303 g/mol. The summed E-state index contributed by atoms with van der Waals surface area (Å²) in [5, 5.41) is 13.1. The molecule has 22 heavy (non-hydrogen) atoms. The molecule has 1 fully saturated rings. The predicted octanol–water partition coefficient (Wildman–Crippen LogP) is 1.79. The van der Waals surface area contributed by atoms with Crippen molar-refractivity contribution in [1.29, 1.82) is 0 Å². The van der Waals surface area contributed by atoms with Gasteiger partial charge < -0.3 is 14.4 Å². The van der Waals surface area contributed by atoms with Gasteiger partial charge in [0.25, 0.3) is 0 Å². The topological polar surface area (TPSA) is 88.7 Å². The second-order valence-corrected chi connectivity index (χ2v) is 5.21. The molecular formula is C15H17N3O4. The first-order valence-corrected chi connectivity index (χ1v) is 7.11. The minimum atomic E-state index is -0.801. The molecule has 0 spiro atoms. The fourth-order valence-corrected chi connectivity index (χ4v) is 2.67. The largest absolute Gasteiger partial charge is 0.497 e. The van der Waals surface area contributed by atoms with Crippen LogP contribution in [0.25, 0.3) is 11.4 Å². The van der Waals surface area contributed by atoms with Crippen LogP contribution in [0.5, 0.6) is 5.75 Å². The fourth-order valence-electron chi connectivity index (χ4n) is 2.67. The molecule has 1 aliphatic rings. The van der Waals surface area contributed by atoms with Crippen LogP contribution in [0.1, 0.15) is 18.7 Å². The van der Waals surface area contributed by atoms with Gasteiger partial charge in [-0.05, 0) is 31.5 Å². The Morgan fingerprint density at radius 1 is 1.55 bits per heavy atom. The summed E-state index contributed by atoms with van der Waals surface area (Å²) in [5.41, 5.74) is 0.797. The summed E-state index contributed by atoms with van der Waals surface area (Å²) >= 11 is 0. The van der Waals surface area contributed by atoms with Crippen molar-refractivity contribution in [2.75, 3.05) is 13.7 Å². The van der Waals surface area contributed by atoms with Crippen molar-refractivity contribution in [3.05, 3.63) is 30.2 Å². The minimum absolute atomic E-state index is 0.355. The molecule has 3 rings (SSSR count). The number of carboxylic acids is 1. The second kappa shape index (κ2) is 6.15. The van der Waals surface area contributed by atoms with E-state index in [2.05, 4.69) is 10.1 Å². The molecule has 116 valence electrons. The summed E-state index contributed by atoms with van der Waals surface area (Å²) in [6, 6.07) is 6.92. The standard InChI is InChI=1S/C15H17N3O4/c1-21-11-5-2-4-10(8-11)14-16-13(22-17-14)9-18-7-3-6-12(18)15(19)20/h2,4-5,8,12H,3,6-7,9H2,1H3,(H,19,20)/t12-/m0/s1. The Kier molecular flexibility index (Phi) is 4.06. The van der Waals surface area contributed by atoms with Crippen LogP contribution in [0.3, 0.4) is 0 Å². The van der Waals surface area contributed by atoms with Crippen LogP contribution in [0.2, 0.25) is 0 Å². The quantitative estimate of drug-likeness (QED) is 0.900. The summed E-state index contributed by atoms with van der Waals surface area (Å²) in [4.78, 5) is 17.4. The maximum Gasteiger partial charge on any atom is 0.320 e. The average Bonchev–Trinajstić information content (AvgIpc) is 3.17. The van der Waals surface area contributed by atoms with Crippen molar-refractivity contribution >= 4 is 5.97 Å². The number of nitrogens with zero attached hydrogens (tertiary/aromatic N) is 3. The fraction of sp³-hybridized carbons (Fsp3) is 0.400. The van der Waals surface area contributed by atoms with E-state index in [0.29, 0.717) is 30.4 Å². The molecule has 0 unspecified atom stereocenters. The lowest BCUT2D eigenvalue weighted by Crippen LogP contribution is -2.35. The lowest BCUT2D eigenvalue weighted by Gasteiger charge is -2.18. The first kappa shape index (κ1) is 14.5. The Morgan fingerprint density at radius 3 is 3.18 bits per heavy atom. The van der Waals surface area contributed by atoms with Crippen molar-refractivity contribution < 1.29 is 19.2 Å². The van der Waals surface area contributed by atoms with E-state index in [1.807, 2.05) is 29.2 Å². The van der Waals surface area contributed by atoms with Gasteiger partial charge in [-0.3, -0.25) is 9.69 Å². The molecule has 1 atom stereocenters. The van der Waals surface area contributed by atoms with Gasteiger partial charge in [0.1, 0.15) is 11.8 Å². The van der Waals surface area contributed by atoms with Crippen molar-refractivity contribution in [3.63, 3.8) is 0 Å². The van der Waals surface area contributed by atoms with Crippen LogP contribution < -0.4 is 4.74 Å². The number of carbonyl (C=O) groups is 1. The third-order valence-electron chi connectivity index (χ3n) is 3.78. The Balaban J connectivity index is 1.75. The van der Waals surface area contributed by atoms with Crippen molar-refractivity contribution in [2.24, 2.45) is 0 Å². The minimum Gasteiger partial charge on any atom is -0.497 e. The molecule has 0 bridgehead atoms. The lowest BCUT2D eigenvalue weighted by atomic mass is 10.2. The van der Waals surface area contributed by atoms with Crippen molar-refractivity contribution in [3.8, 4) is 17.1 Å². The van der Waals surface area contributed by atoms with Gasteiger partial charge in [-0.1, -0.05) is 17.3 Å². The molecule has 1 saturated heterocycles. The number of likely N-dealkylation sites (tertiary alicyclic amines) is 1. The van der Waals surface area contributed by atoms with E-state index >= 15 is 0 Å². The number of ether oxygens (including phenoxy) is 1.